The lowest BCUT2D eigenvalue weighted by Crippen LogP contribution is -2.64. The smallest absolute Gasteiger partial charge is 0.448 e. The van der Waals surface area contributed by atoms with E-state index in [-0.39, 0.29) is 17.9 Å². The summed E-state index contributed by atoms with van der Waals surface area (Å²) in [6, 6.07) is 5.48. The van der Waals surface area contributed by atoms with Crippen molar-refractivity contribution in [1.29, 1.82) is 0 Å². The zero-order valence-electron chi connectivity index (χ0n) is 12.4. The largest absolute Gasteiger partial charge is 0.493 e. The molecule has 0 saturated heterocycles. The fourth-order valence-corrected chi connectivity index (χ4v) is 1.64. The average Bonchev–Trinajstić information content (AvgIpc) is 2.47. The second-order valence-electron chi connectivity index (χ2n) is 4.31. The SMILES string of the molecule is CCOC(=O)[C@@](O)(NC(=O)c1ccccc1OCC)C(F)(F)F. The van der Waals surface area contributed by atoms with E-state index in [0.29, 0.717) is 0 Å². The molecule has 0 radical (unpaired) electrons. The summed E-state index contributed by atoms with van der Waals surface area (Å²) in [6.07, 6.45) is -5.46. The van der Waals surface area contributed by atoms with E-state index in [1.807, 2.05) is 0 Å². The van der Waals surface area contributed by atoms with Gasteiger partial charge in [-0.1, -0.05) is 12.1 Å². The van der Waals surface area contributed by atoms with Crippen LogP contribution in [0.25, 0.3) is 0 Å². The quantitative estimate of drug-likeness (QED) is 0.610. The number of carbonyl (C=O) groups excluding carboxylic acids is 2. The number of rotatable bonds is 6. The highest BCUT2D eigenvalue weighted by Crippen LogP contribution is 2.30. The van der Waals surface area contributed by atoms with Crippen molar-refractivity contribution >= 4 is 11.9 Å². The monoisotopic (exact) mass is 335 g/mol. The maximum atomic E-state index is 13.0. The van der Waals surface area contributed by atoms with Crippen LogP contribution in [0.4, 0.5) is 13.2 Å². The van der Waals surface area contributed by atoms with E-state index in [4.69, 9.17) is 4.74 Å². The van der Waals surface area contributed by atoms with Gasteiger partial charge in [0.05, 0.1) is 18.8 Å². The Balaban J connectivity index is 3.15. The lowest BCUT2D eigenvalue weighted by Gasteiger charge is -2.28. The van der Waals surface area contributed by atoms with Gasteiger partial charge >= 0.3 is 17.9 Å². The Labute approximate surface area is 130 Å². The van der Waals surface area contributed by atoms with E-state index in [9.17, 15) is 27.9 Å². The average molecular weight is 335 g/mol. The van der Waals surface area contributed by atoms with Crippen LogP contribution in [0.1, 0.15) is 24.2 Å². The first-order valence-electron chi connectivity index (χ1n) is 6.68. The van der Waals surface area contributed by atoms with Crippen molar-refractivity contribution in [3.05, 3.63) is 29.8 Å². The Morgan fingerprint density at radius 1 is 1.17 bits per heavy atom. The summed E-state index contributed by atoms with van der Waals surface area (Å²) in [6.45, 7) is 2.66. The van der Waals surface area contributed by atoms with Crippen molar-refractivity contribution < 1.29 is 37.3 Å². The molecule has 0 heterocycles. The molecule has 0 unspecified atom stereocenters. The van der Waals surface area contributed by atoms with Crippen molar-refractivity contribution in [3.63, 3.8) is 0 Å². The van der Waals surface area contributed by atoms with Crippen LogP contribution in [0, 0.1) is 0 Å². The second kappa shape index (κ2) is 7.32. The molecule has 0 aliphatic rings. The van der Waals surface area contributed by atoms with Gasteiger partial charge in [0, 0.05) is 0 Å². The van der Waals surface area contributed by atoms with Crippen molar-refractivity contribution in [3.8, 4) is 5.75 Å². The molecule has 128 valence electrons. The van der Waals surface area contributed by atoms with Gasteiger partial charge in [-0.3, -0.25) is 4.79 Å². The molecule has 0 aliphatic carbocycles. The molecular weight excluding hydrogens is 319 g/mol. The van der Waals surface area contributed by atoms with Crippen LogP contribution in [0.15, 0.2) is 24.3 Å². The van der Waals surface area contributed by atoms with Crippen LogP contribution >= 0.6 is 0 Å². The maximum absolute atomic E-state index is 13.0. The summed E-state index contributed by atoms with van der Waals surface area (Å²) in [4.78, 5) is 23.5. The molecule has 0 saturated carbocycles. The van der Waals surface area contributed by atoms with Gasteiger partial charge in [0.2, 0.25) is 0 Å². The van der Waals surface area contributed by atoms with E-state index in [2.05, 4.69) is 4.74 Å². The fourth-order valence-electron chi connectivity index (χ4n) is 1.64. The minimum Gasteiger partial charge on any atom is -0.493 e. The zero-order valence-corrected chi connectivity index (χ0v) is 12.4. The Morgan fingerprint density at radius 3 is 2.30 bits per heavy atom. The summed E-state index contributed by atoms with van der Waals surface area (Å²) in [5, 5.41) is 10.9. The van der Waals surface area contributed by atoms with Gasteiger partial charge in [-0.15, -0.1) is 0 Å². The number of hydrogen-bond acceptors (Lipinski definition) is 5. The molecule has 9 heteroatoms. The summed E-state index contributed by atoms with van der Waals surface area (Å²) in [7, 11) is 0. The summed E-state index contributed by atoms with van der Waals surface area (Å²) >= 11 is 0. The zero-order chi connectivity index (χ0) is 17.7. The summed E-state index contributed by atoms with van der Waals surface area (Å²) in [5.41, 5.74) is -4.42. The van der Waals surface area contributed by atoms with Gasteiger partial charge in [0.15, 0.2) is 0 Å². The van der Waals surface area contributed by atoms with Crippen molar-refractivity contribution in [1.82, 2.24) is 5.32 Å². The van der Waals surface area contributed by atoms with Gasteiger partial charge in [-0.2, -0.15) is 13.2 Å². The van der Waals surface area contributed by atoms with Gasteiger partial charge in [0.25, 0.3) is 5.91 Å². The predicted octanol–water partition coefficient (Wildman–Crippen LogP) is 1.63. The molecule has 1 amide bonds. The highest BCUT2D eigenvalue weighted by atomic mass is 19.4. The molecule has 2 N–H and O–H groups in total. The van der Waals surface area contributed by atoms with Crippen LogP contribution in [0.2, 0.25) is 0 Å². The molecule has 1 rings (SSSR count). The number of alkyl halides is 3. The minimum absolute atomic E-state index is 0.0147. The second-order valence-corrected chi connectivity index (χ2v) is 4.31. The Hall–Kier alpha value is -2.29. The first-order valence-corrected chi connectivity index (χ1v) is 6.68. The van der Waals surface area contributed by atoms with Gasteiger partial charge in [-0.25, -0.2) is 4.79 Å². The molecule has 1 atom stereocenters. The Bertz CT molecular complexity index is 576. The Morgan fingerprint density at radius 2 is 1.78 bits per heavy atom. The number of halogens is 3. The van der Waals surface area contributed by atoms with Crippen molar-refractivity contribution in [2.24, 2.45) is 0 Å². The third-order valence-corrected chi connectivity index (χ3v) is 2.71. The number of nitrogens with one attached hydrogen (secondary N) is 1. The number of ether oxygens (including phenoxy) is 2. The fraction of sp³-hybridized carbons (Fsp3) is 0.429. The van der Waals surface area contributed by atoms with Crippen molar-refractivity contribution in [2.75, 3.05) is 13.2 Å². The summed E-state index contributed by atoms with van der Waals surface area (Å²) in [5.74, 6) is -3.34. The standard InChI is InChI=1S/C14H16F3NO5/c1-3-22-10-8-6-5-7-9(10)11(19)18-13(21,14(15,16)17)12(20)23-4-2/h5-8,21H,3-4H2,1-2H3,(H,18,19)/t13-/m0/s1. The topological polar surface area (TPSA) is 84.9 Å². The lowest BCUT2D eigenvalue weighted by molar-refractivity contribution is -0.269. The molecule has 1 aromatic rings. The van der Waals surface area contributed by atoms with Crippen molar-refractivity contribution in [2.45, 2.75) is 25.7 Å². The van der Waals surface area contributed by atoms with Crippen LogP contribution in [-0.4, -0.2) is 42.1 Å². The lowest BCUT2D eigenvalue weighted by atomic mass is 10.1. The van der Waals surface area contributed by atoms with E-state index >= 15 is 0 Å². The molecule has 0 spiro atoms. The highest BCUT2D eigenvalue weighted by Gasteiger charge is 2.62. The summed E-state index contributed by atoms with van der Waals surface area (Å²) < 4.78 is 48.3. The van der Waals surface area contributed by atoms with E-state index in [1.165, 1.54) is 36.5 Å². The van der Waals surface area contributed by atoms with Crippen LogP contribution in [0.3, 0.4) is 0 Å². The first kappa shape index (κ1) is 18.8. The number of aliphatic hydroxyl groups is 1. The molecule has 0 aliphatic heterocycles. The molecule has 1 aromatic carbocycles. The van der Waals surface area contributed by atoms with Gasteiger partial charge in [0.1, 0.15) is 5.75 Å². The molecule has 0 bridgehead atoms. The van der Waals surface area contributed by atoms with Gasteiger partial charge < -0.3 is 19.9 Å². The highest BCUT2D eigenvalue weighted by molar-refractivity contribution is 6.00. The number of para-hydroxylation sites is 1. The molecule has 0 fully saturated rings. The van der Waals surface area contributed by atoms with E-state index in [0.717, 1.165) is 0 Å². The molecule has 23 heavy (non-hydrogen) atoms. The maximum Gasteiger partial charge on any atom is 0.448 e. The van der Waals surface area contributed by atoms with Gasteiger partial charge in [-0.05, 0) is 26.0 Å². The number of benzene rings is 1. The molecule has 0 aromatic heterocycles. The van der Waals surface area contributed by atoms with Crippen LogP contribution in [0.5, 0.6) is 5.75 Å². The minimum atomic E-state index is -5.46. The van der Waals surface area contributed by atoms with Crippen LogP contribution in [-0.2, 0) is 9.53 Å². The number of amides is 1. The number of hydrogen-bond donors (Lipinski definition) is 2. The molecular formula is C14H16F3NO5. The first-order chi connectivity index (χ1) is 10.7. The molecule has 6 nitrogen and oxygen atoms in total. The third kappa shape index (κ3) is 4.13. The van der Waals surface area contributed by atoms with E-state index < -0.39 is 30.4 Å². The normalized spacial score (nSPS) is 13.8. The number of carbonyl (C=O) groups is 2. The number of esters is 1. The van der Waals surface area contributed by atoms with E-state index in [1.54, 1.807) is 6.92 Å². The predicted molar refractivity (Wildman–Crippen MR) is 72.7 cm³/mol. The van der Waals surface area contributed by atoms with Crippen LogP contribution < -0.4 is 10.1 Å². The third-order valence-electron chi connectivity index (χ3n) is 2.71. The Kier molecular flexibility index (Phi) is 5.97.